The predicted molar refractivity (Wildman–Crippen MR) is 66.0 cm³/mol. The molecule has 3 nitrogen and oxygen atoms in total. The van der Waals surface area contributed by atoms with Crippen LogP contribution in [0.5, 0.6) is 0 Å². The van der Waals surface area contributed by atoms with E-state index in [2.05, 4.69) is 5.32 Å². The van der Waals surface area contributed by atoms with E-state index in [1.165, 1.54) is 24.6 Å². The molecule has 0 atom stereocenters. The van der Waals surface area contributed by atoms with Crippen molar-refractivity contribution in [2.75, 3.05) is 11.1 Å². The summed E-state index contributed by atoms with van der Waals surface area (Å²) in [6, 6.07) is 4.01. The lowest BCUT2D eigenvalue weighted by Crippen LogP contribution is -2.25. The predicted octanol–water partition coefficient (Wildman–Crippen LogP) is 2.93. The van der Waals surface area contributed by atoms with Crippen LogP contribution in [-0.4, -0.2) is 5.91 Å². The Labute approximate surface area is 100 Å². The Balaban J connectivity index is 2.04. The molecule has 1 aliphatic carbocycles. The highest BCUT2D eigenvalue weighted by Gasteiger charge is 2.21. The quantitative estimate of drug-likeness (QED) is 0.776. The largest absolute Gasteiger partial charge is 0.397 e. The van der Waals surface area contributed by atoms with Gasteiger partial charge >= 0.3 is 0 Å². The van der Waals surface area contributed by atoms with Gasteiger partial charge in [-0.15, -0.1) is 0 Å². The third-order valence-corrected chi connectivity index (χ3v) is 3.25. The molecule has 92 valence electrons. The van der Waals surface area contributed by atoms with Gasteiger partial charge in [0.15, 0.2) is 0 Å². The molecular formula is C13H17FN2O. The smallest absolute Gasteiger partial charge is 0.227 e. The number of nitrogens with two attached hydrogens (primary N) is 1. The standard InChI is InChI=1S/C13H17FN2O/c14-10-6-7-11(15)12(8-10)16-13(17)9-4-2-1-3-5-9/h6-9H,1-5,15H2,(H,16,17). The second-order valence-electron chi connectivity index (χ2n) is 4.56. The number of carbonyl (C=O) groups is 1. The summed E-state index contributed by atoms with van der Waals surface area (Å²) >= 11 is 0. The van der Waals surface area contributed by atoms with Crippen LogP contribution >= 0.6 is 0 Å². The second-order valence-corrected chi connectivity index (χ2v) is 4.56. The normalized spacial score (nSPS) is 16.8. The maximum Gasteiger partial charge on any atom is 0.227 e. The molecule has 0 aromatic heterocycles. The zero-order valence-corrected chi connectivity index (χ0v) is 9.71. The second kappa shape index (κ2) is 5.17. The molecule has 1 saturated carbocycles. The first kappa shape index (κ1) is 11.9. The maximum atomic E-state index is 13.0. The first-order valence-corrected chi connectivity index (χ1v) is 6.02. The Kier molecular flexibility index (Phi) is 3.61. The number of amides is 1. The van der Waals surface area contributed by atoms with E-state index >= 15 is 0 Å². The Morgan fingerprint density at radius 3 is 2.71 bits per heavy atom. The van der Waals surface area contributed by atoms with Gasteiger partial charge in [-0.25, -0.2) is 4.39 Å². The number of rotatable bonds is 2. The molecule has 17 heavy (non-hydrogen) atoms. The van der Waals surface area contributed by atoms with E-state index < -0.39 is 5.82 Å². The molecule has 0 saturated heterocycles. The molecule has 1 amide bonds. The minimum atomic E-state index is -0.391. The van der Waals surface area contributed by atoms with Crippen molar-refractivity contribution in [2.24, 2.45) is 5.92 Å². The van der Waals surface area contributed by atoms with Crippen LogP contribution in [0, 0.1) is 11.7 Å². The molecule has 0 unspecified atom stereocenters. The van der Waals surface area contributed by atoms with Crippen molar-refractivity contribution in [3.63, 3.8) is 0 Å². The summed E-state index contributed by atoms with van der Waals surface area (Å²) in [6.07, 6.45) is 5.22. The summed E-state index contributed by atoms with van der Waals surface area (Å²) in [7, 11) is 0. The van der Waals surface area contributed by atoms with Crippen molar-refractivity contribution in [3.05, 3.63) is 24.0 Å². The van der Waals surface area contributed by atoms with Crippen LogP contribution in [-0.2, 0) is 4.79 Å². The Hall–Kier alpha value is -1.58. The van der Waals surface area contributed by atoms with Crippen molar-refractivity contribution in [1.82, 2.24) is 0 Å². The van der Waals surface area contributed by atoms with Gasteiger partial charge < -0.3 is 11.1 Å². The van der Waals surface area contributed by atoms with Gasteiger partial charge in [0.1, 0.15) is 5.82 Å². The first-order chi connectivity index (χ1) is 8.16. The monoisotopic (exact) mass is 236 g/mol. The van der Waals surface area contributed by atoms with E-state index in [1.54, 1.807) is 0 Å². The van der Waals surface area contributed by atoms with Crippen LogP contribution in [0.15, 0.2) is 18.2 Å². The summed E-state index contributed by atoms with van der Waals surface area (Å²) in [6.45, 7) is 0. The molecule has 1 aromatic rings. The van der Waals surface area contributed by atoms with Gasteiger partial charge in [0.25, 0.3) is 0 Å². The number of carbonyl (C=O) groups excluding carboxylic acids is 1. The number of benzene rings is 1. The Morgan fingerprint density at radius 1 is 1.29 bits per heavy atom. The SMILES string of the molecule is Nc1ccc(F)cc1NC(=O)C1CCCCC1. The average Bonchev–Trinajstić information content (AvgIpc) is 2.35. The number of anilines is 2. The molecule has 4 heteroatoms. The van der Waals surface area contributed by atoms with Crippen molar-refractivity contribution in [3.8, 4) is 0 Å². The van der Waals surface area contributed by atoms with Crippen molar-refractivity contribution < 1.29 is 9.18 Å². The minimum absolute atomic E-state index is 0.0398. The molecule has 1 aromatic carbocycles. The highest BCUT2D eigenvalue weighted by atomic mass is 19.1. The lowest BCUT2D eigenvalue weighted by atomic mass is 9.88. The van der Waals surface area contributed by atoms with E-state index in [0.29, 0.717) is 11.4 Å². The summed E-state index contributed by atoms with van der Waals surface area (Å²) in [4.78, 5) is 11.9. The van der Waals surface area contributed by atoms with Gasteiger partial charge in [-0.3, -0.25) is 4.79 Å². The van der Waals surface area contributed by atoms with Crippen LogP contribution in [0.25, 0.3) is 0 Å². The maximum absolute atomic E-state index is 13.0. The van der Waals surface area contributed by atoms with Gasteiger partial charge in [-0.05, 0) is 31.0 Å². The first-order valence-electron chi connectivity index (χ1n) is 6.02. The van der Waals surface area contributed by atoms with E-state index in [0.717, 1.165) is 25.7 Å². The average molecular weight is 236 g/mol. The van der Waals surface area contributed by atoms with Crippen LogP contribution < -0.4 is 11.1 Å². The lowest BCUT2D eigenvalue weighted by molar-refractivity contribution is -0.120. The third-order valence-electron chi connectivity index (χ3n) is 3.25. The highest BCUT2D eigenvalue weighted by Crippen LogP contribution is 2.26. The van der Waals surface area contributed by atoms with Crippen LogP contribution in [0.4, 0.5) is 15.8 Å². The highest BCUT2D eigenvalue weighted by molar-refractivity contribution is 5.95. The fourth-order valence-electron chi connectivity index (χ4n) is 2.24. The number of hydrogen-bond donors (Lipinski definition) is 2. The van der Waals surface area contributed by atoms with Crippen molar-refractivity contribution >= 4 is 17.3 Å². The molecule has 0 spiro atoms. The lowest BCUT2D eigenvalue weighted by Gasteiger charge is -2.21. The van der Waals surface area contributed by atoms with E-state index in [4.69, 9.17) is 5.73 Å². The van der Waals surface area contributed by atoms with Crippen LogP contribution in [0.1, 0.15) is 32.1 Å². The molecule has 2 rings (SSSR count). The Bertz CT molecular complexity index is 414. The molecule has 0 bridgehead atoms. The fraction of sp³-hybridized carbons (Fsp3) is 0.462. The summed E-state index contributed by atoms with van der Waals surface area (Å²) in [5.74, 6) is -0.383. The molecule has 0 radical (unpaired) electrons. The minimum Gasteiger partial charge on any atom is -0.397 e. The molecular weight excluding hydrogens is 219 g/mol. The summed E-state index contributed by atoms with van der Waals surface area (Å²) < 4.78 is 13.0. The van der Waals surface area contributed by atoms with Gasteiger partial charge in [-0.1, -0.05) is 19.3 Å². The number of halogens is 1. The topological polar surface area (TPSA) is 55.1 Å². The van der Waals surface area contributed by atoms with E-state index in [1.807, 2.05) is 0 Å². The van der Waals surface area contributed by atoms with Crippen LogP contribution in [0.2, 0.25) is 0 Å². The van der Waals surface area contributed by atoms with Crippen LogP contribution in [0.3, 0.4) is 0 Å². The third kappa shape index (κ3) is 2.96. The number of nitrogens with one attached hydrogen (secondary N) is 1. The van der Waals surface area contributed by atoms with E-state index in [-0.39, 0.29) is 11.8 Å². The zero-order chi connectivity index (χ0) is 12.3. The van der Waals surface area contributed by atoms with Gasteiger partial charge in [0.05, 0.1) is 11.4 Å². The fourth-order valence-corrected chi connectivity index (χ4v) is 2.24. The van der Waals surface area contributed by atoms with Gasteiger partial charge in [0, 0.05) is 5.92 Å². The molecule has 1 aliphatic rings. The van der Waals surface area contributed by atoms with Gasteiger partial charge in [-0.2, -0.15) is 0 Å². The number of nitrogen functional groups attached to an aromatic ring is 1. The molecule has 3 N–H and O–H groups in total. The molecule has 0 aliphatic heterocycles. The van der Waals surface area contributed by atoms with E-state index in [9.17, 15) is 9.18 Å². The molecule has 1 fully saturated rings. The Morgan fingerprint density at radius 2 is 2.00 bits per heavy atom. The van der Waals surface area contributed by atoms with Gasteiger partial charge in [0.2, 0.25) is 5.91 Å². The van der Waals surface area contributed by atoms with Crippen molar-refractivity contribution in [1.29, 1.82) is 0 Å². The zero-order valence-electron chi connectivity index (χ0n) is 9.71. The van der Waals surface area contributed by atoms with Crippen molar-refractivity contribution in [2.45, 2.75) is 32.1 Å². The summed E-state index contributed by atoms with van der Waals surface area (Å²) in [5.41, 5.74) is 6.46. The summed E-state index contributed by atoms with van der Waals surface area (Å²) in [5, 5.41) is 2.72. The number of hydrogen-bond acceptors (Lipinski definition) is 2. The molecule has 0 heterocycles.